The number of aromatic nitrogens is 1. The van der Waals surface area contributed by atoms with Crippen LogP contribution in [0.4, 0.5) is 0 Å². The summed E-state index contributed by atoms with van der Waals surface area (Å²) in [6, 6.07) is 18.6. The van der Waals surface area contributed by atoms with Crippen LogP contribution in [0.1, 0.15) is 39.2 Å². The summed E-state index contributed by atoms with van der Waals surface area (Å²) in [5, 5.41) is 4.05. The van der Waals surface area contributed by atoms with E-state index in [2.05, 4.69) is 5.32 Å². The second-order valence-electron chi connectivity index (χ2n) is 8.51. The van der Waals surface area contributed by atoms with Crippen LogP contribution >= 0.6 is 0 Å². The molecular formula is C27H27N3O4. The van der Waals surface area contributed by atoms with Crippen molar-refractivity contribution in [3.05, 3.63) is 95.6 Å². The molecule has 2 atom stereocenters. The molecule has 0 fully saturated rings. The van der Waals surface area contributed by atoms with Gasteiger partial charge in [0.05, 0.1) is 31.4 Å². The zero-order valence-corrected chi connectivity index (χ0v) is 19.2. The summed E-state index contributed by atoms with van der Waals surface area (Å²) < 4.78 is 12.8. The minimum Gasteiger partial charge on any atom is -0.467 e. The van der Waals surface area contributed by atoms with Gasteiger partial charge in [0.1, 0.15) is 5.76 Å². The summed E-state index contributed by atoms with van der Waals surface area (Å²) in [6.45, 7) is 1.02. The van der Waals surface area contributed by atoms with E-state index in [1.54, 1.807) is 30.4 Å². The van der Waals surface area contributed by atoms with Gasteiger partial charge in [-0.2, -0.15) is 0 Å². The van der Waals surface area contributed by atoms with Crippen molar-refractivity contribution >= 4 is 22.7 Å². The van der Waals surface area contributed by atoms with Crippen LogP contribution in [-0.2, 0) is 23.1 Å². The van der Waals surface area contributed by atoms with E-state index >= 15 is 0 Å². The highest BCUT2D eigenvalue weighted by Gasteiger charge is 2.44. The van der Waals surface area contributed by atoms with Crippen LogP contribution in [0.5, 0.6) is 0 Å². The minimum atomic E-state index is -0.591. The van der Waals surface area contributed by atoms with E-state index in [0.717, 1.165) is 22.0 Å². The second kappa shape index (κ2) is 9.19. The van der Waals surface area contributed by atoms with Crippen molar-refractivity contribution < 1.29 is 18.7 Å². The van der Waals surface area contributed by atoms with Crippen molar-refractivity contribution in [1.82, 2.24) is 14.8 Å². The maximum atomic E-state index is 13.8. The predicted molar refractivity (Wildman–Crippen MR) is 128 cm³/mol. The van der Waals surface area contributed by atoms with Gasteiger partial charge < -0.3 is 23.9 Å². The predicted octanol–water partition coefficient (Wildman–Crippen LogP) is 4.01. The molecule has 0 spiro atoms. The summed E-state index contributed by atoms with van der Waals surface area (Å²) in [7, 11) is 3.60. The molecule has 2 amide bonds. The highest BCUT2D eigenvalue weighted by Crippen LogP contribution is 2.45. The molecule has 0 radical (unpaired) electrons. The number of para-hydroxylation sites is 1. The molecule has 1 aliphatic rings. The fraction of sp³-hybridized carbons (Fsp3) is 0.259. The van der Waals surface area contributed by atoms with Crippen molar-refractivity contribution in [2.24, 2.45) is 7.05 Å². The van der Waals surface area contributed by atoms with Crippen molar-refractivity contribution in [2.45, 2.75) is 18.5 Å². The summed E-state index contributed by atoms with van der Waals surface area (Å²) in [5.74, 6) is -0.171. The fourth-order valence-corrected chi connectivity index (χ4v) is 4.96. The molecule has 2 unspecified atom stereocenters. The van der Waals surface area contributed by atoms with Gasteiger partial charge in [0, 0.05) is 48.9 Å². The first-order valence-corrected chi connectivity index (χ1v) is 11.3. The van der Waals surface area contributed by atoms with Crippen LogP contribution < -0.4 is 5.32 Å². The minimum absolute atomic E-state index is 0.0966. The average Bonchev–Trinajstić information content (AvgIpc) is 3.50. The van der Waals surface area contributed by atoms with E-state index in [1.807, 2.05) is 66.3 Å². The number of methoxy groups -OCH3 is 1. The largest absolute Gasteiger partial charge is 0.467 e. The number of hydrogen-bond donors (Lipinski definition) is 1. The summed E-state index contributed by atoms with van der Waals surface area (Å²) in [5.41, 5.74) is 3.27. The van der Waals surface area contributed by atoms with Gasteiger partial charge in [-0.15, -0.1) is 0 Å². The molecule has 0 saturated carbocycles. The molecule has 34 heavy (non-hydrogen) atoms. The van der Waals surface area contributed by atoms with Gasteiger partial charge >= 0.3 is 0 Å². The third kappa shape index (κ3) is 3.78. The average molecular weight is 458 g/mol. The Morgan fingerprint density at radius 3 is 2.65 bits per heavy atom. The number of aryl methyl sites for hydroxylation is 1. The number of hydrogen-bond acceptors (Lipinski definition) is 4. The lowest BCUT2D eigenvalue weighted by Gasteiger charge is -2.41. The highest BCUT2D eigenvalue weighted by atomic mass is 16.5. The number of furan rings is 1. The lowest BCUT2D eigenvalue weighted by atomic mass is 9.79. The number of fused-ring (bicyclic) bond motifs is 2. The Balaban J connectivity index is 1.65. The van der Waals surface area contributed by atoms with Crippen LogP contribution in [0.25, 0.3) is 10.9 Å². The van der Waals surface area contributed by atoms with Crippen LogP contribution in [0.2, 0.25) is 0 Å². The first-order chi connectivity index (χ1) is 16.6. The van der Waals surface area contributed by atoms with E-state index in [0.29, 0.717) is 24.5 Å². The molecule has 174 valence electrons. The van der Waals surface area contributed by atoms with Gasteiger partial charge in [-0.05, 0) is 29.8 Å². The molecule has 2 aromatic carbocycles. The lowest BCUT2D eigenvalue weighted by Crippen LogP contribution is -2.48. The Bertz CT molecular complexity index is 1320. The topological polar surface area (TPSA) is 76.7 Å². The Morgan fingerprint density at radius 2 is 1.85 bits per heavy atom. The van der Waals surface area contributed by atoms with Gasteiger partial charge in [0.15, 0.2) is 0 Å². The summed E-state index contributed by atoms with van der Waals surface area (Å²) >= 11 is 0. The van der Waals surface area contributed by atoms with Crippen molar-refractivity contribution in [1.29, 1.82) is 0 Å². The van der Waals surface area contributed by atoms with Crippen LogP contribution in [-0.4, -0.2) is 41.5 Å². The van der Waals surface area contributed by atoms with Crippen molar-refractivity contribution in [3.8, 4) is 0 Å². The molecular weight excluding hydrogens is 430 g/mol. The second-order valence-corrected chi connectivity index (χ2v) is 8.51. The molecule has 3 heterocycles. The smallest absolute Gasteiger partial charge is 0.254 e. The molecule has 7 nitrogen and oxygen atoms in total. The van der Waals surface area contributed by atoms with Gasteiger partial charge in [-0.3, -0.25) is 9.59 Å². The Kier molecular flexibility index (Phi) is 5.94. The van der Waals surface area contributed by atoms with Crippen LogP contribution in [0.15, 0.2) is 77.5 Å². The number of carbonyl (C=O) groups is 2. The quantitative estimate of drug-likeness (QED) is 0.455. The molecule has 0 saturated heterocycles. The fourth-order valence-electron chi connectivity index (χ4n) is 4.96. The third-order valence-electron chi connectivity index (χ3n) is 6.52. The Morgan fingerprint density at radius 1 is 1.06 bits per heavy atom. The summed E-state index contributed by atoms with van der Waals surface area (Å²) in [6.07, 6.45) is 3.62. The number of nitrogens with zero attached hydrogens (tertiary/aromatic N) is 2. The summed E-state index contributed by atoms with van der Waals surface area (Å²) in [4.78, 5) is 29.2. The number of nitrogens with one attached hydrogen (secondary N) is 1. The van der Waals surface area contributed by atoms with Crippen LogP contribution in [0, 0.1) is 0 Å². The Labute approximate surface area is 197 Å². The maximum Gasteiger partial charge on any atom is 0.254 e. The highest BCUT2D eigenvalue weighted by molar-refractivity contribution is 6.02. The molecule has 4 aromatic rings. The molecule has 1 N–H and O–H groups in total. The number of amides is 2. The van der Waals surface area contributed by atoms with E-state index in [-0.39, 0.29) is 18.4 Å². The zero-order valence-electron chi connectivity index (χ0n) is 19.2. The number of benzene rings is 2. The molecule has 7 heteroatoms. The normalized spacial score (nSPS) is 17.7. The van der Waals surface area contributed by atoms with Gasteiger partial charge in [0.25, 0.3) is 5.91 Å². The van der Waals surface area contributed by atoms with Crippen LogP contribution in [0.3, 0.4) is 0 Å². The first-order valence-electron chi connectivity index (χ1n) is 11.3. The molecule has 0 bridgehead atoms. The van der Waals surface area contributed by atoms with Crippen molar-refractivity contribution in [3.63, 3.8) is 0 Å². The standard InChI is InChI=1S/C27H27N3O4/c1-29-17-22(19-9-5-6-12-23(19)29)25-24(26(31)28-16-18-8-7-14-34-18)20-10-3-4-11-21(20)27(32)30(25)13-15-33-2/h3-12,14,17,24-25H,13,15-16H2,1-2H3,(H,28,31). The van der Waals surface area contributed by atoms with Crippen molar-refractivity contribution in [2.75, 3.05) is 20.3 Å². The number of rotatable bonds is 7. The lowest BCUT2D eigenvalue weighted by molar-refractivity contribution is -0.124. The van der Waals surface area contributed by atoms with E-state index in [4.69, 9.17) is 9.15 Å². The third-order valence-corrected chi connectivity index (χ3v) is 6.52. The molecule has 5 rings (SSSR count). The Hall–Kier alpha value is -3.84. The number of ether oxygens (including phenoxy) is 1. The van der Waals surface area contributed by atoms with Gasteiger partial charge in [-0.25, -0.2) is 0 Å². The molecule has 1 aliphatic heterocycles. The zero-order chi connectivity index (χ0) is 23.7. The SMILES string of the molecule is COCCN1C(=O)c2ccccc2C(C(=O)NCc2ccco2)C1c1cn(C)c2ccccc12. The van der Waals surface area contributed by atoms with E-state index in [1.165, 1.54) is 0 Å². The molecule has 0 aliphatic carbocycles. The molecule has 2 aromatic heterocycles. The number of carbonyl (C=O) groups excluding carboxylic acids is 2. The van der Waals surface area contributed by atoms with Gasteiger partial charge in [-0.1, -0.05) is 36.4 Å². The van der Waals surface area contributed by atoms with E-state index in [9.17, 15) is 9.59 Å². The monoisotopic (exact) mass is 457 g/mol. The van der Waals surface area contributed by atoms with E-state index < -0.39 is 12.0 Å². The van der Waals surface area contributed by atoms with Gasteiger partial charge in [0.2, 0.25) is 5.91 Å². The maximum absolute atomic E-state index is 13.8. The first kappa shape index (κ1) is 22.0.